The Morgan fingerprint density at radius 1 is 0.615 bits per heavy atom. The predicted molar refractivity (Wildman–Crippen MR) is 213 cm³/mol. The summed E-state index contributed by atoms with van der Waals surface area (Å²) in [6, 6.07) is 19.5. The molecule has 2 saturated carbocycles. The fraction of sp³-hybridized carbons (Fsp3) is 0.417. The van der Waals surface area contributed by atoms with Crippen LogP contribution in [0.25, 0.3) is 0 Å². The maximum absolute atomic E-state index is 2.84. The predicted octanol–water partition coefficient (Wildman–Crippen LogP) is 5.12. The van der Waals surface area contributed by atoms with Crippen LogP contribution in [-0.2, 0) is 20.4 Å². The van der Waals surface area contributed by atoms with Gasteiger partial charge in [-0.3, -0.25) is 0 Å². The van der Waals surface area contributed by atoms with Gasteiger partial charge in [0.15, 0.2) is 0 Å². The van der Waals surface area contributed by atoms with Crippen molar-refractivity contribution in [2.45, 2.75) is 79.3 Å². The zero-order valence-electron chi connectivity index (χ0n) is 32.8. The summed E-state index contributed by atoms with van der Waals surface area (Å²) >= 11 is -2.77. The fourth-order valence-electron chi connectivity index (χ4n) is 13.5. The topological polar surface area (TPSA) is 0 Å². The van der Waals surface area contributed by atoms with Gasteiger partial charge >= 0.3 is 313 Å². The second-order valence-electron chi connectivity index (χ2n) is 17.9. The first-order chi connectivity index (χ1) is 23.7. The Morgan fingerprint density at radius 3 is 1.65 bits per heavy atom. The van der Waals surface area contributed by atoms with E-state index in [1.165, 1.54) is 11.1 Å². The Bertz CT molecular complexity index is 2060. The van der Waals surface area contributed by atoms with Crippen molar-refractivity contribution in [3.63, 3.8) is 0 Å². The van der Waals surface area contributed by atoms with Gasteiger partial charge < -0.3 is 24.8 Å². The Labute approximate surface area is 335 Å². The number of hydrogen-bond acceptors (Lipinski definition) is 0. The summed E-state index contributed by atoms with van der Waals surface area (Å²) in [7, 11) is 0. The van der Waals surface area contributed by atoms with E-state index in [1.807, 2.05) is 3.28 Å². The smallest absolute Gasteiger partial charge is 1.00 e. The molecule has 0 bridgehead atoms. The SMILES string of the molecule is CC1=CC=CC2[CH]([Zr+2]([C]3=CC=CC3)=[Si](c3cccc(C)c3)c3cccc(C)c3)C3(C)C4(C)C=CC=CC4(C)C4(C)C=CC=CC4(C)C3(C)C12C.[Cl-].[Cl-]. The van der Waals surface area contributed by atoms with E-state index in [0.29, 0.717) is 9.54 Å². The number of allylic oxidation sites excluding steroid dienone is 16. The molecule has 8 rings (SSSR count). The van der Waals surface area contributed by atoms with Crippen molar-refractivity contribution in [3.8, 4) is 0 Å². The average Bonchev–Trinajstić information content (AvgIpc) is 3.67. The van der Waals surface area contributed by atoms with Gasteiger partial charge in [0, 0.05) is 0 Å². The van der Waals surface area contributed by atoms with Crippen LogP contribution in [0.3, 0.4) is 0 Å². The van der Waals surface area contributed by atoms with E-state index in [1.54, 1.807) is 15.9 Å². The zero-order chi connectivity index (χ0) is 35.5. The first-order valence-corrected chi connectivity index (χ1v) is 26.8. The van der Waals surface area contributed by atoms with Gasteiger partial charge in [-0.2, -0.15) is 0 Å². The van der Waals surface area contributed by atoms with E-state index < -0.39 is 25.8 Å². The molecule has 0 heterocycles. The van der Waals surface area contributed by atoms with Gasteiger partial charge in [-0.15, -0.1) is 0 Å². The Kier molecular flexibility index (Phi) is 9.99. The Balaban J connectivity index is 0.00000232. The molecule has 0 spiro atoms. The minimum absolute atomic E-state index is 0. The molecule has 4 heteroatoms. The van der Waals surface area contributed by atoms with Gasteiger partial charge in [-0.05, 0) is 0 Å². The van der Waals surface area contributed by atoms with Crippen LogP contribution in [0.4, 0.5) is 0 Å². The molecule has 0 nitrogen and oxygen atoms in total. The van der Waals surface area contributed by atoms with Gasteiger partial charge in [0.1, 0.15) is 0 Å². The summed E-state index contributed by atoms with van der Waals surface area (Å²) in [6.07, 6.45) is 36.6. The molecule has 2 aromatic carbocycles. The summed E-state index contributed by atoms with van der Waals surface area (Å²) in [5, 5.41) is 3.27. The summed E-state index contributed by atoms with van der Waals surface area (Å²) in [4.78, 5) is 0. The van der Waals surface area contributed by atoms with Crippen LogP contribution in [0.5, 0.6) is 0 Å². The molecule has 6 aliphatic carbocycles. The van der Waals surface area contributed by atoms with Crippen molar-refractivity contribution in [2.24, 2.45) is 43.8 Å². The Hall–Kier alpha value is -1.96. The summed E-state index contributed by atoms with van der Waals surface area (Å²) in [6.45, 7) is 26.1. The zero-order valence-corrected chi connectivity index (χ0v) is 37.8. The first-order valence-electron chi connectivity index (χ1n) is 19.0. The average molecular weight is 823 g/mol. The largest absolute Gasteiger partial charge is 1.00 e. The van der Waals surface area contributed by atoms with Crippen LogP contribution >= 0.6 is 0 Å². The summed E-state index contributed by atoms with van der Waals surface area (Å²) < 4.78 is 2.42. The van der Waals surface area contributed by atoms with Gasteiger partial charge in [-0.25, -0.2) is 0 Å². The van der Waals surface area contributed by atoms with Crippen LogP contribution in [0.15, 0.2) is 142 Å². The molecule has 2 fully saturated rings. The maximum atomic E-state index is 2.84. The number of fused-ring (bicyclic) bond motifs is 8. The van der Waals surface area contributed by atoms with E-state index in [2.05, 4.69) is 203 Å². The second-order valence-corrected chi connectivity index (χ2v) is 31.8. The van der Waals surface area contributed by atoms with E-state index in [0.717, 1.165) is 6.42 Å². The second kappa shape index (κ2) is 13.1. The quantitative estimate of drug-likeness (QED) is 0.376. The third-order valence-electron chi connectivity index (χ3n) is 16.8. The molecule has 6 aliphatic rings. The number of benzene rings is 2. The van der Waals surface area contributed by atoms with Crippen LogP contribution < -0.4 is 35.2 Å². The molecule has 0 radical (unpaired) electrons. The third-order valence-corrected chi connectivity index (χ3v) is 37.5. The fourth-order valence-corrected chi connectivity index (χ4v) is 39.1. The van der Waals surface area contributed by atoms with Crippen LogP contribution in [0.2, 0.25) is 3.63 Å². The van der Waals surface area contributed by atoms with Crippen molar-refractivity contribution < 1.29 is 45.2 Å². The molecular formula is C48H56Cl2SiZr. The molecule has 2 aromatic rings. The number of aryl methyl sites for hydroxylation is 2. The van der Waals surface area contributed by atoms with Crippen LogP contribution in [0, 0.1) is 57.7 Å². The molecule has 0 N–H and O–H groups in total. The van der Waals surface area contributed by atoms with Crippen molar-refractivity contribution in [1.82, 2.24) is 0 Å². The minimum Gasteiger partial charge on any atom is -1.00 e. The van der Waals surface area contributed by atoms with Crippen molar-refractivity contribution in [3.05, 3.63) is 154 Å². The van der Waals surface area contributed by atoms with E-state index >= 15 is 0 Å². The molecule has 0 amide bonds. The normalized spacial score (nSPS) is 39.9. The van der Waals surface area contributed by atoms with Crippen molar-refractivity contribution >= 4 is 15.8 Å². The van der Waals surface area contributed by atoms with Crippen LogP contribution in [0.1, 0.15) is 72.9 Å². The van der Waals surface area contributed by atoms with Gasteiger partial charge in [0.05, 0.1) is 0 Å². The summed E-state index contributed by atoms with van der Waals surface area (Å²) in [5.74, 6) is 0.465. The van der Waals surface area contributed by atoms with Gasteiger partial charge in [0.2, 0.25) is 0 Å². The Morgan fingerprint density at radius 2 is 1.13 bits per heavy atom. The number of rotatable bonds is 4. The van der Waals surface area contributed by atoms with Gasteiger partial charge in [-0.1, -0.05) is 0 Å². The number of hydrogen-bond donors (Lipinski definition) is 0. The first kappa shape index (κ1) is 39.7. The molecule has 0 saturated heterocycles. The minimum atomic E-state index is -2.77. The molecule has 0 aromatic heterocycles. The third kappa shape index (κ3) is 4.48. The van der Waals surface area contributed by atoms with Crippen LogP contribution in [-0.4, -0.2) is 5.43 Å². The maximum Gasteiger partial charge on any atom is -1.00 e. The molecule has 0 aliphatic heterocycles. The molecule has 9 atom stereocenters. The van der Waals surface area contributed by atoms with E-state index in [4.69, 9.17) is 0 Å². The van der Waals surface area contributed by atoms with E-state index in [-0.39, 0.29) is 62.7 Å². The monoisotopic (exact) mass is 820 g/mol. The van der Waals surface area contributed by atoms with Crippen molar-refractivity contribution in [2.75, 3.05) is 0 Å². The van der Waals surface area contributed by atoms with E-state index in [9.17, 15) is 0 Å². The molecular weight excluding hydrogens is 767 g/mol. The molecule has 52 heavy (non-hydrogen) atoms. The van der Waals surface area contributed by atoms with Crippen molar-refractivity contribution in [1.29, 1.82) is 0 Å². The van der Waals surface area contributed by atoms with Gasteiger partial charge in [0.25, 0.3) is 0 Å². The molecule has 9 unspecified atom stereocenters. The number of halogens is 2. The summed E-state index contributed by atoms with van der Waals surface area (Å²) in [5.41, 5.74) is 2.78. The standard InChI is InChI=1S/C29H37.C14H14Si.C5H5.2ClH.Zr/c1-21-14-13-15-22-20-27(6)25(4)18-10-9-16-23(25,2)24(3)17-11-12-19-26(24,5)29(27,8)28(21,22)7;1-11-5-3-7-13(9-11)15-14-8-4-6-12(2)10-14;1-2-4-5-3-1;;;/h9-20,22H,1-8H3;3-10H,1-2H3;1-3H,4H2;2*1H;/q;;;;;+2/p-2. The molecule has 270 valence electrons.